The van der Waals surface area contributed by atoms with Crippen LogP contribution in [-0.4, -0.2) is 111 Å². The number of ketones is 1. The Labute approximate surface area is 422 Å². The fourth-order valence-corrected chi connectivity index (χ4v) is 7.80. The second-order valence-electron chi connectivity index (χ2n) is 17.2. The van der Waals surface area contributed by atoms with Gasteiger partial charge in [-0.2, -0.15) is 0 Å². The van der Waals surface area contributed by atoms with Gasteiger partial charge in [0.1, 0.15) is 30.8 Å². The molecule has 0 saturated carbocycles. The Bertz CT molecular complexity index is 2460. The van der Waals surface area contributed by atoms with Crippen molar-refractivity contribution in [1.29, 1.82) is 0 Å². The van der Waals surface area contributed by atoms with E-state index in [0.29, 0.717) is 29.9 Å². The number of Topliss-reactive ketones (excluding diaryl/α,β-unsaturated/α-hetero) is 1. The van der Waals surface area contributed by atoms with E-state index in [1.54, 1.807) is 61.2 Å². The zero-order chi connectivity index (χ0) is 51.0. The van der Waals surface area contributed by atoms with E-state index in [2.05, 4.69) is 33.6 Å². The summed E-state index contributed by atoms with van der Waals surface area (Å²) < 4.78 is 50.6. The third-order valence-corrected chi connectivity index (χ3v) is 12.0. The Morgan fingerprint density at radius 3 is 1.43 bits per heavy atom. The van der Waals surface area contributed by atoms with Crippen molar-refractivity contribution in [1.82, 2.24) is 28.9 Å². The maximum absolute atomic E-state index is 13.9. The van der Waals surface area contributed by atoms with E-state index in [1.165, 1.54) is 47.1 Å². The number of nitrogens with zero attached hydrogens (tertiary/aromatic N) is 6. The summed E-state index contributed by atoms with van der Waals surface area (Å²) in [5.74, 6) is 0.895. The van der Waals surface area contributed by atoms with Crippen LogP contribution in [0, 0.1) is 17.6 Å². The van der Waals surface area contributed by atoms with Crippen LogP contribution in [0.15, 0.2) is 122 Å². The molecular formula is C55H71F2N7O8. The predicted octanol–water partition coefficient (Wildman–Crippen LogP) is 9.35. The van der Waals surface area contributed by atoms with Crippen LogP contribution in [-0.2, 0) is 35.5 Å². The summed E-state index contributed by atoms with van der Waals surface area (Å²) in [5.41, 5.74) is 10.2. The predicted molar refractivity (Wildman–Crippen MR) is 274 cm³/mol. The first-order valence-corrected chi connectivity index (χ1v) is 23.9. The fraction of sp³-hybridized carbons (Fsp3) is 0.400. The lowest BCUT2D eigenvalue weighted by molar-refractivity contribution is -0.139. The van der Waals surface area contributed by atoms with Crippen molar-refractivity contribution < 1.29 is 47.2 Å². The molecule has 0 amide bonds. The van der Waals surface area contributed by atoms with Gasteiger partial charge in [-0.1, -0.05) is 57.7 Å². The van der Waals surface area contributed by atoms with Crippen LogP contribution < -0.4 is 24.7 Å². The van der Waals surface area contributed by atoms with Gasteiger partial charge in [-0.25, -0.2) is 28.3 Å². The zero-order valence-corrected chi connectivity index (χ0v) is 41.1. The Morgan fingerprint density at radius 2 is 1.06 bits per heavy atom. The summed E-state index contributed by atoms with van der Waals surface area (Å²) in [4.78, 5) is 46.0. The summed E-state index contributed by atoms with van der Waals surface area (Å²) in [6.07, 6.45) is 15.7. The number of hydrogen-bond donors (Lipinski definition) is 2. The Hall–Kier alpha value is -6.95. The number of aliphatic carboxylic acids is 1. The molecule has 0 radical (unpaired) electrons. The lowest BCUT2D eigenvalue weighted by atomic mass is 9.91. The fourth-order valence-electron chi connectivity index (χ4n) is 7.80. The molecule has 8 rings (SSSR count). The normalized spacial score (nSPS) is 13.9. The lowest BCUT2D eigenvalue weighted by Crippen LogP contribution is -2.39. The highest BCUT2D eigenvalue weighted by Crippen LogP contribution is 2.25. The van der Waals surface area contributed by atoms with Gasteiger partial charge >= 0.3 is 12.0 Å². The number of halogens is 2. The number of piperidine rings is 2. The monoisotopic (exact) mass is 996 g/mol. The average Bonchev–Trinajstić information content (AvgIpc) is 4.14. The molecule has 2 fully saturated rings. The van der Waals surface area contributed by atoms with Crippen molar-refractivity contribution in [3.63, 3.8) is 0 Å². The molecule has 17 heteroatoms. The van der Waals surface area contributed by atoms with Gasteiger partial charge in [0, 0.05) is 50.3 Å². The summed E-state index contributed by atoms with van der Waals surface area (Å²) in [7, 11) is 2.95. The van der Waals surface area contributed by atoms with Gasteiger partial charge in [-0.05, 0) is 141 Å². The van der Waals surface area contributed by atoms with E-state index in [-0.39, 0.29) is 49.8 Å². The Morgan fingerprint density at radius 1 is 0.639 bits per heavy atom. The first-order chi connectivity index (χ1) is 34.3. The van der Waals surface area contributed by atoms with E-state index in [1.807, 2.05) is 48.5 Å². The van der Waals surface area contributed by atoms with Gasteiger partial charge < -0.3 is 29.8 Å². The SMILES string of the molecule is C.CCc1ccc(OCC(=O)CC2CCN(Cc3ccc(OC)c(F)c3)CC2)cc1.CCc1ccc(OCC(=O)O)cc1.COc1ccc(CN2CCC(N)CC2)cc1F.O=C(n1ccnc1)n1ccnc1. The molecule has 4 aromatic carbocycles. The van der Waals surface area contributed by atoms with Gasteiger partial charge in [0.2, 0.25) is 0 Å². The maximum Gasteiger partial charge on any atom is 0.341 e. The number of aromatic nitrogens is 4. The number of ether oxygens (including phenoxy) is 4. The summed E-state index contributed by atoms with van der Waals surface area (Å²) in [6.45, 7) is 9.36. The van der Waals surface area contributed by atoms with Crippen LogP contribution in [0.25, 0.3) is 0 Å². The highest BCUT2D eigenvalue weighted by molar-refractivity contribution is 5.80. The molecule has 2 aliphatic rings. The Kier molecular flexibility index (Phi) is 24.6. The molecule has 2 aliphatic heterocycles. The molecule has 6 aromatic rings. The number of nitrogens with two attached hydrogens (primary N) is 1. The number of carbonyl (C=O) groups is 3. The molecule has 0 unspecified atom stereocenters. The molecule has 72 heavy (non-hydrogen) atoms. The van der Waals surface area contributed by atoms with Gasteiger partial charge in [0.15, 0.2) is 35.5 Å². The number of carboxylic acid groups (broad SMARTS) is 1. The summed E-state index contributed by atoms with van der Waals surface area (Å²) in [5, 5.41) is 8.35. The van der Waals surface area contributed by atoms with Crippen molar-refractivity contribution in [3.8, 4) is 23.0 Å². The molecule has 4 heterocycles. The van der Waals surface area contributed by atoms with Crippen molar-refractivity contribution in [3.05, 3.63) is 156 Å². The topological polar surface area (TPSA) is 176 Å². The second-order valence-corrected chi connectivity index (χ2v) is 17.2. The highest BCUT2D eigenvalue weighted by Gasteiger charge is 2.22. The first-order valence-electron chi connectivity index (χ1n) is 23.9. The number of methoxy groups -OCH3 is 2. The van der Waals surface area contributed by atoms with Crippen molar-refractivity contribution in [2.75, 3.05) is 53.6 Å². The molecule has 0 aliphatic carbocycles. The number of carbonyl (C=O) groups excluding carboxylic acids is 2. The van der Waals surface area contributed by atoms with E-state index in [9.17, 15) is 23.2 Å². The largest absolute Gasteiger partial charge is 0.494 e. The number of benzene rings is 4. The van der Waals surface area contributed by atoms with Crippen LogP contribution in [0.4, 0.5) is 13.6 Å². The maximum atomic E-state index is 13.9. The van der Waals surface area contributed by atoms with Crippen LogP contribution >= 0.6 is 0 Å². The molecular weight excluding hydrogens is 925 g/mol. The van der Waals surface area contributed by atoms with E-state index in [4.69, 9.17) is 29.8 Å². The molecule has 3 N–H and O–H groups in total. The van der Waals surface area contributed by atoms with Gasteiger partial charge in [0.25, 0.3) is 0 Å². The van der Waals surface area contributed by atoms with Crippen molar-refractivity contribution in [2.45, 2.75) is 85.4 Å². The van der Waals surface area contributed by atoms with E-state index < -0.39 is 5.97 Å². The van der Waals surface area contributed by atoms with Crippen LogP contribution in [0.5, 0.6) is 23.0 Å². The first kappa shape index (κ1) is 57.6. The molecule has 0 bridgehead atoms. The van der Waals surface area contributed by atoms with Crippen LogP contribution in [0.2, 0.25) is 0 Å². The molecule has 0 atom stereocenters. The second kappa shape index (κ2) is 30.7. The van der Waals surface area contributed by atoms with Crippen LogP contribution in [0.1, 0.15) is 75.6 Å². The van der Waals surface area contributed by atoms with Crippen LogP contribution in [0.3, 0.4) is 0 Å². The van der Waals surface area contributed by atoms with Gasteiger partial charge in [-0.15, -0.1) is 0 Å². The Balaban J connectivity index is 0.000000223. The minimum Gasteiger partial charge on any atom is -0.494 e. The molecule has 15 nitrogen and oxygen atoms in total. The number of rotatable bonds is 16. The van der Waals surface area contributed by atoms with Crippen molar-refractivity contribution in [2.24, 2.45) is 11.7 Å². The number of imidazole rings is 2. The number of likely N-dealkylation sites (tertiary alicyclic amines) is 2. The molecule has 2 aromatic heterocycles. The van der Waals surface area contributed by atoms with Crippen molar-refractivity contribution >= 4 is 17.8 Å². The highest BCUT2D eigenvalue weighted by atomic mass is 19.1. The van der Waals surface area contributed by atoms with Gasteiger partial charge in [-0.3, -0.25) is 23.7 Å². The zero-order valence-electron chi connectivity index (χ0n) is 41.1. The number of carboxylic acids is 1. The number of aryl methyl sites for hydroxylation is 2. The summed E-state index contributed by atoms with van der Waals surface area (Å²) >= 11 is 0. The van der Waals surface area contributed by atoms with Gasteiger partial charge in [0.05, 0.1) is 14.2 Å². The standard InChI is InChI=1S/C24H30FNO3.C13H19FN2O.C10H12O3.C7H6N4O.CH4/c1-3-18-4-7-22(8-5-18)29-17-21(27)14-19-10-12-26(13-11-19)16-20-6-9-24(28-2)23(25)15-20;1-17-13-3-2-10(8-12(13)14)9-16-6-4-11(15)5-7-16;1-2-8-3-5-9(6-4-8)13-7-10(11)12;12-7(10-3-1-8-5-10)11-4-2-9-6-11;/h4-9,15,19H,3,10-14,16-17H2,1-2H3;2-3,8,11H,4-7,9,15H2,1H3;3-6H,2,7H2,1H3,(H,11,12);1-6H;1H4. The minimum absolute atomic E-state index is 0. The number of hydrogen-bond acceptors (Lipinski definition) is 12. The third-order valence-electron chi connectivity index (χ3n) is 12.0. The quantitative estimate of drug-likeness (QED) is 0.0939. The smallest absolute Gasteiger partial charge is 0.341 e. The molecule has 0 spiro atoms. The summed E-state index contributed by atoms with van der Waals surface area (Å²) in [6, 6.07) is 25.7. The molecule has 388 valence electrons. The minimum atomic E-state index is -0.959. The molecule has 2 saturated heterocycles. The average molecular weight is 996 g/mol. The third kappa shape index (κ3) is 19.7. The van der Waals surface area contributed by atoms with E-state index >= 15 is 0 Å². The lowest BCUT2D eigenvalue weighted by Gasteiger charge is -2.31. The van der Waals surface area contributed by atoms with E-state index in [0.717, 1.165) is 94.7 Å².